The van der Waals surface area contributed by atoms with Gasteiger partial charge >= 0.3 is 11.7 Å². The molecule has 45 heavy (non-hydrogen) atoms. The molecule has 2 saturated carbocycles. The van der Waals surface area contributed by atoms with E-state index in [1.807, 2.05) is 24.3 Å². The monoisotopic (exact) mass is 655 g/mol. The molecule has 1 N–H and O–H groups in total. The second kappa shape index (κ2) is 12.1. The predicted octanol–water partition coefficient (Wildman–Crippen LogP) is 4.71. The zero-order valence-corrected chi connectivity index (χ0v) is 27.5. The van der Waals surface area contributed by atoms with Crippen LogP contribution >= 0.6 is 11.3 Å². The van der Waals surface area contributed by atoms with Gasteiger partial charge in [0.1, 0.15) is 33.7 Å². The first kappa shape index (κ1) is 31.6. The van der Waals surface area contributed by atoms with Crippen LogP contribution in [0.2, 0.25) is 0 Å². The number of benzene rings is 1. The molecule has 0 saturated heterocycles. The highest BCUT2D eigenvalue weighted by atomic mass is 32.2. The Morgan fingerprint density at radius 2 is 1.91 bits per heavy atom. The van der Waals surface area contributed by atoms with E-state index < -0.39 is 40.0 Å². The Bertz CT molecular complexity index is 1830. The fourth-order valence-corrected chi connectivity index (χ4v) is 9.35. The SMILES string of the molecule is COc1ccccc1C(Cn1c(=O)n(C(C)(C)C(=O)O)c(=O)c2c(C)c(-c3ncco3)sc21)OC1CC2CC([S+](C)[O-])CC2C1. The van der Waals surface area contributed by atoms with Gasteiger partial charge in [-0.05, 0) is 69.9 Å². The number of thiophene rings is 1. The van der Waals surface area contributed by atoms with E-state index in [-0.39, 0.29) is 23.3 Å². The summed E-state index contributed by atoms with van der Waals surface area (Å²) in [5.74, 6) is 0.442. The Labute approximate surface area is 267 Å². The van der Waals surface area contributed by atoms with E-state index >= 15 is 0 Å². The molecule has 0 aliphatic heterocycles. The third kappa shape index (κ3) is 5.53. The number of rotatable bonds is 10. The first-order valence-corrected chi connectivity index (χ1v) is 17.4. The molecule has 0 spiro atoms. The number of para-hydroxylation sites is 1. The number of hydrogen-bond donors (Lipinski definition) is 1. The summed E-state index contributed by atoms with van der Waals surface area (Å²) in [6.07, 6.45) is 7.44. The maximum absolute atomic E-state index is 14.3. The summed E-state index contributed by atoms with van der Waals surface area (Å²) >= 11 is 0.351. The number of carboxylic acid groups (broad SMARTS) is 1. The molecule has 0 bridgehead atoms. The van der Waals surface area contributed by atoms with Crippen LogP contribution < -0.4 is 16.0 Å². The molecule has 2 aliphatic rings. The highest BCUT2D eigenvalue weighted by Gasteiger charge is 2.46. The number of carboxylic acids is 1. The Kier molecular flexibility index (Phi) is 8.48. The van der Waals surface area contributed by atoms with Crippen LogP contribution in [0.4, 0.5) is 0 Å². The van der Waals surface area contributed by atoms with E-state index in [9.17, 15) is 24.0 Å². The molecular weight excluding hydrogens is 618 g/mol. The molecule has 13 heteroatoms. The standard InChI is InChI=1S/C32H37N3O8S2/c1-17-25-28(36)35(32(2,3)30(37)38)31(39)34(29(25)44-26(17)27-33-10-11-42-27)16-24(22-8-6-7-9-23(22)41-4)43-20-12-18-14-21(45(5)40)15-19(18)13-20/h6-11,18-21,24H,12-16H2,1-5H3,(H,37,38). The molecule has 6 rings (SSSR count). The van der Waals surface area contributed by atoms with Crippen molar-refractivity contribution < 1.29 is 28.3 Å². The Morgan fingerprint density at radius 3 is 2.51 bits per heavy atom. The average molecular weight is 656 g/mol. The molecule has 11 nitrogen and oxygen atoms in total. The second-order valence-corrected chi connectivity index (χ2v) is 15.2. The lowest BCUT2D eigenvalue weighted by molar-refractivity contribution is -0.146. The molecule has 3 aromatic heterocycles. The predicted molar refractivity (Wildman–Crippen MR) is 171 cm³/mol. The van der Waals surface area contributed by atoms with Crippen LogP contribution in [0.5, 0.6) is 5.75 Å². The van der Waals surface area contributed by atoms with E-state index in [4.69, 9.17) is 13.9 Å². The minimum Gasteiger partial charge on any atom is -0.616 e. The van der Waals surface area contributed by atoms with Crippen molar-refractivity contribution in [2.24, 2.45) is 11.8 Å². The summed E-state index contributed by atoms with van der Waals surface area (Å²) in [5.41, 5.74) is -1.98. The molecule has 0 amide bonds. The Balaban J connectivity index is 1.48. The van der Waals surface area contributed by atoms with Gasteiger partial charge in [0.15, 0.2) is 0 Å². The Morgan fingerprint density at radius 1 is 1.22 bits per heavy atom. The minimum absolute atomic E-state index is 0.00406. The molecule has 3 heterocycles. The number of carbonyl (C=O) groups is 1. The molecule has 2 fully saturated rings. The van der Waals surface area contributed by atoms with Crippen molar-refractivity contribution in [3.8, 4) is 16.5 Å². The molecule has 4 unspecified atom stereocenters. The zero-order valence-electron chi connectivity index (χ0n) is 25.8. The van der Waals surface area contributed by atoms with Crippen molar-refractivity contribution >= 4 is 38.7 Å². The summed E-state index contributed by atoms with van der Waals surface area (Å²) in [5, 5.41) is 10.5. The maximum Gasteiger partial charge on any atom is 0.333 e. The number of hydrogen-bond acceptors (Lipinski definition) is 9. The number of ether oxygens (including phenoxy) is 2. The third-order valence-electron chi connectivity index (χ3n) is 9.51. The van der Waals surface area contributed by atoms with Gasteiger partial charge < -0.3 is 23.6 Å². The number of fused-ring (bicyclic) bond motifs is 2. The highest BCUT2D eigenvalue weighted by molar-refractivity contribution is 7.91. The maximum atomic E-state index is 14.3. The van der Waals surface area contributed by atoms with E-state index in [0.717, 1.165) is 35.8 Å². The normalized spacial score (nSPS) is 22.9. The van der Waals surface area contributed by atoms with Crippen molar-refractivity contribution in [3.63, 3.8) is 0 Å². The van der Waals surface area contributed by atoms with Gasteiger partial charge in [-0.1, -0.05) is 29.4 Å². The summed E-state index contributed by atoms with van der Waals surface area (Å²) in [7, 11) is 1.58. The van der Waals surface area contributed by atoms with Gasteiger partial charge in [0, 0.05) is 5.56 Å². The molecule has 4 aromatic rings. The van der Waals surface area contributed by atoms with Crippen molar-refractivity contribution in [1.29, 1.82) is 0 Å². The summed E-state index contributed by atoms with van der Waals surface area (Å²) in [6.45, 7) is 4.43. The van der Waals surface area contributed by atoms with Crippen LogP contribution in [0, 0.1) is 18.8 Å². The van der Waals surface area contributed by atoms with Crippen molar-refractivity contribution in [2.45, 2.75) is 76.0 Å². The summed E-state index contributed by atoms with van der Waals surface area (Å²) in [4.78, 5) is 45.8. The van der Waals surface area contributed by atoms with E-state index in [1.54, 1.807) is 20.3 Å². The van der Waals surface area contributed by atoms with Gasteiger partial charge in [0.2, 0.25) is 5.89 Å². The number of methoxy groups -OCH3 is 1. The van der Waals surface area contributed by atoms with Crippen LogP contribution in [0.15, 0.2) is 50.7 Å². The van der Waals surface area contributed by atoms with Crippen LogP contribution in [0.25, 0.3) is 21.0 Å². The lowest BCUT2D eigenvalue weighted by Gasteiger charge is -2.27. The number of aliphatic carboxylic acids is 1. The van der Waals surface area contributed by atoms with Gasteiger partial charge in [-0.3, -0.25) is 9.36 Å². The van der Waals surface area contributed by atoms with Crippen LogP contribution in [0.3, 0.4) is 0 Å². The largest absolute Gasteiger partial charge is 0.616 e. The van der Waals surface area contributed by atoms with Gasteiger partial charge in [0.05, 0.1) is 42.5 Å². The topological polar surface area (TPSA) is 149 Å². The fraction of sp³-hybridized carbons (Fsp3) is 0.500. The smallest absolute Gasteiger partial charge is 0.333 e. The van der Waals surface area contributed by atoms with E-state index in [2.05, 4.69) is 4.98 Å². The van der Waals surface area contributed by atoms with Crippen molar-refractivity contribution in [3.05, 3.63) is 68.7 Å². The average Bonchev–Trinajstić information content (AvgIpc) is 3.78. The first-order valence-electron chi connectivity index (χ1n) is 15.0. The van der Waals surface area contributed by atoms with E-state index in [0.29, 0.717) is 38.7 Å². The molecular formula is C32H37N3O8S2. The first-order chi connectivity index (χ1) is 21.4. The third-order valence-corrected chi connectivity index (χ3v) is 12.1. The van der Waals surface area contributed by atoms with E-state index in [1.165, 1.54) is 42.2 Å². The summed E-state index contributed by atoms with van der Waals surface area (Å²) < 4.78 is 32.5. The number of aromatic nitrogens is 3. The zero-order chi connectivity index (χ0) is 32.2. The Hall–Kier alpha value is -3.39. The fourth-order valence-electron chi connectivity index (χ4n) is 7.07. The number of oxazole rings is 1. The lowest BCUT2D eigenvalue weighted by atomic mass is 10.0. The van der Waals surface area contributed by atoms with Crippen LogP contribution in [-0.2, 0) is 32.8 Å². The lowest BCUT2D eigenvalue weighted by Crippen LogP contribution is -2.52. The van der Waals surface area contributed by atoms with Crippen LogP contribution in [0.1, 0.15) is 56.8 Å². The number of aryl methyl sites for hydroxylation is 1. The minimum atomic E-state index is -1.83. The van der Waals surface area contributed by atoms with Gasteiger partial charge in [-0.2, -0.15) is 0 Å². The molecule has 2 aliphatic carbocycles. The molecule has 1 aromatic carbocycles. The molecule has 240 valence electrons. The van der Waals surface area contributed by atoms with Gasteiger partial charge in [-0.15, -0.1) is 11.3 Å². The van der Waals surface area contributed by atoms with Crippen molar-refractivity contribution in [2.75, 3.05) is 13.4 Å². The summed E-state index contributed by atoms with van der Waals surface area (Å²) in [6, 6.07) is 7.46. The second-order valence-electron chi connectivity index (χ2n) is 12.5. The quantitative estimate of drug-likeness (QED) is 0.240. The van der Waals surface area contributed by atoms with Crippen LogP contribution in [-0.4, -0.2) is 54.5 Å². The number of nitrogens with zero attached hydrogens (tertiary/aromatic N) is 3. The molecule has 4 atom stereocenters. The molecule has 0 radical (unpaired) electrons. The van der Waals surface area contributed by atoms with Gasteiger partial charge in [-0.25, -0.2) is 19.1 Å². The van der Waals surface area contributed by atoms with Crippen molar-refractivity contribution in [1.82, 2.24) is 14.1 Å². The highest BCUT2D eigenvalue weighted by Crippen LogP contribution is 2.48. The van der Waals surface area contributed by atoms with Gasteiger partial charge in [0.25, 0.3) is 5.56 Å².